The van der Waals surface area contributed by atoms with E-state index in [4.69, 9.17) is 4.18 Å². The predicted molar refractivity (Wildman–Crippen MR) is 73.6 cm³/mol. The van der Waals surface area contributed by atoms with Crippen molar-refractivity contribution in [1.29, 1.82) is 0 Å². The maximum atomic E-state index is 11.7. The molecule has 0 unspecified atom stereocenters. The fourth-order valence-electron chi connectivity index (χ4n) is 1.92. The molecule has 0 aromatic rings. The monoisotopic (exact) mass is 273 g/mol. The highest BCUT2D eigenvalue weighted by Crippen LogP contribution is 2.31. The third kappa shape index (κ3) is 5.35. The van der Waals surface area contributed by atoms with Crippen molar-refractivity contribution >= 4 is 17.3 Å². The van der Waals surface area contributed by atoms with Gasteiger partial charge >= 0.3 is 5.24 Å². The molecule has 0 aliphatic heterocycles. The number of hydrogen-bond acceptors (Lipinski definition) is 5. The molecule has 104 valence electrons. The van der Waals surface area contributed by atoms with Crippen LogP contribution < -0.4 is 5.32 Å². The van der Waals surface area contributed by atoms with E-state index in [9.17, 15) is 4.79 Å². The van der Waals surface area contributed by atoms with E-state index in [1.807, 2.05) is 20.8 Å². The Balaban J connectivity index is 2.75. The SMILES string of the molecule is COSC(=O)NC1(N=NC(C)(C)C)CCCCC1. The molecule has 1 saturated carbocycles. The van der Waals surface area contributed by atoms with Gasteiger partial charge in [-0.15, -0.1) is 0 Å². The molecule has 0 spiro atoms. The Kier molecular flexibility index (Phi) is 5.59. The van der Waals surface area contributed by atoms with E-state index in [1.165, 1.54) is 13.5 Å². The first-order chi connectivity index (χ1) is 8.37. The molecule has 1 fully saturated rings. The maximum Gasteiger partial charge on any atom is 0.308 e. The lowest BCUT2D eigenvalue weighted by Gasteiger charge is -2.33. The third-order valence-corrected chi connectivity index (χ3v) is 3.14. The number of azo groups is 1. The van der Waals surface area contributed by atoms with Gasteiger partial charge in [0.05, 0.1) is 24.7 Å². The fourth-order valence-corrected chi connectivity index (χ4v) is 2.30. The van der Waals surface area contributed by atoms with Gasteiger partial charge in [-0.25, -0.2) is 0 Å². The van der Waals surface area contributed by atoms with Crippen molar-refractivity contribution in [3.63, 3.8) is 0 Å². The summed E-state index contributed by atoms with van der Waals surface area (Å²) in [5, 5.41) is 11.5. The molecule has 0 bridgehead atoms. The largest absolute Gasteiger partial charge is 0.319 e. The molecule has 0 radical (unpaired) electrons. The summed E-state index contributed by atoms with van der Waals surface area (Å²) in [6.45, 7) is 6.00. The van der Waals surface area contributed by atoms with E-state index in [1.54, 1.807) is 0 Å². The van der Waals surface area contributed by atoms with Crippen molar-refractivity contribution in [2.24, 2.45) is 10.2 Å². The van der Waals surface area contributed by atoms with Crippen LogP contribution in [0.4, 0.5) is 4.79 Å². The minimum Gasteiger partial charge on any atom is -0.319 e. The zero-order valence-corrected chi connectivity index (χ0v) is 12.5. The summed E-state index contributed by atoms with van der Waals surface area (Å²) in [7, 11) is 1.48. The highest BCUT2D eigenvalue weighted by atomic mass is 32.2. The molecule has 0 aromatic heterocycles. The number of rotatable bonds is 3. The van der Waals surface area contributed by atoms with E-state index < -0.39 is 5.66 Å². The molecule has 0 atom stereocenters. The highest BCUT2D eigenvalue weighted by molar-refractivity contribution is 8.09. The van der Waals surface area contributed by atoms with Gasteiger partial charge in [-0.3, -0.25) is 4.79 Å². The topological polar surface area (TPSA) is 63.0 Å². The lowest BCUT2D eigenvalue weighted by Crippen LogP contribution is -2.47. The molecule has 1 aliphatic rings. The molecule has 0 saturated heterocycles. The Morgan fingerprint density at radius 2 is 1.89 bits per heavy atom. The number of amides is 1. The number of carbonyl (C=O) groups is 1. The number of hydrogen-bond donors (Lipinski definition) is 1. The van der Waals surface area contributed by atoms with E-state index in [0.717, 1.165) is 37.7 Å². The van der Waals surface area contributed by atoms with Crippen LogP contribution in [0.1, 0.15) is 52.9 Å². The van der Waals surface area contributed by atoms with Gasteiger partial charge in [-0.05, 0) is 46.5 Å². The number of nitrogens with one attached hydrogen (secondary N) is 1. The molecule has 5 nitrogen and oxygen atoms in total. The molecule has 1 amide bonds. The van der Waals surface area contributed by atoms with Crippen molar-refractivity contribution in [2.75, 3.05) is 7.11 Å². The second kappa shape index (κ2) is 6.52. The average Bonchev–Trinajstić information content (AvgIpc) is 2.27. The smallest absolute Gasteiger partial charge is 0.308 e. The Morgan fingerprint density at radius 1 is 1.28 bits per heavy atom. The van der Waals surface area contributed by atoms with Crippen LogP contribution in [0, 0.1) is 0 Å². The van der Waals surface area contributed by atoms with Crippen molar-refractivity contribution in [3.8, 4) is 0 Å². The van der Waals surface area contributed by atoms with Gasteiger partial charge in [0.1, 0.15) is 0 Å². The zero-order chi connectivity index (χ0) is 13.6. The van der Waals surface area contributed by atoms with Crippen LogP contribution in [0.5, 0.6) is 0 Å². The van der Waals surface area contributed by atoms with E-state index in [2.05, 4.69) is 15.5 Å². The predicted octanol–water partition coefficient (Wildman–Crippen LogP) is 3.90. The van der Waals surface area contributed by atoms with Gasteiger partial charge in [-0.2, -0.15) is 10.2 Å². The van der Waals surface area contributed by atoms with Crippen molar-refractivity contribution < 1.29 is 8.98 Å². The van der Waals surface area contributed by atoms with Crippen LogP contribution in [0.3, 0.4) is 0 Å². The van der Waals surface area contributed by atoms with Crippen molar-refractivity contribution in [2.45, 2.75) is 64.1 Å². The third-order valence-electron chi connectivity index (χ3n) is 2.72. The summed E-state index contributed by atoms with van der Waals surface area (Å²) < 4.78 is 4.77. The van der Waals surface area contributed by atoms with Crippen LogP contribution in [0.15, 0.2) is 10.2 Å². The average molecular weight is 273 g/mol. The van der Waals surface area contributed by atoms with E-state index in [0.29, 0.717) is 0 Å². The second-order valence-electron chi connectivity index (χ2n) is 5.63. The first kappa shape index (κ1) is 15.4. The van der Waals surface area contributed by atoms with Crippen LogP contribution >= 0.6 is 12.0 Å². The van der Waals surface area contributed by atoms with Crippen LogP contribution in [0.25, 0.3) is 0 Å². The zero-order valence-electron chi connectivity index (χ0n) is 11.7. The lowest BCUT2D eigenvalue weighted by molar-refractivity contribution is 0.214. The summed E-state index contributed by atoms with van der Waals surface area (Å²) in [4.78, 5) is 11.7. The van der Waals surface area contributed by atoms with E-state index >= 15 is 0 Å². The van der Waals surface area contributed by atoms with Crippen molar-refractivity contribution in [1.82, 2.24) is 5.32 Å². The molecule has 6 heteroatoms. The van der Waals surface area contributed by atoms with Gasteiger partial charge in [0.2, 0.25) is 0 Å². The van der Waals surface area contributed by atoms with Gasteiger partial charge < -0.3 is 9.50 Å². The molecule has 1 N–H and O–H groups in total. The van der Waals surface area contributed by atoms with Crippen molar-refractivity contribution in [3.05, 3.63) is 0 Å². The first-order valence-corrected chi connectivity index (χ1v) is 7.08. The molecule has 0 aromatic carbocycles. The normalized spacial score (nSPS) is 20.0. The number of carbonyl (C=O) groups excluding carboxylic acids is 1. The summed E-state index contributed by atoms with van der Waals surface area (Å²) in [5.74, 6) is 0. The standard InChI is InChI=1S/C12H23N3O2S/c1-11(2,3)14-15-12(8-6-5-7-9-12)13-10(16)18-17-4/h5-9H2,1-4H3,(H,13,16). The summed E-state index contributed by atoms with van der Waals surface area (Å²) in [6, 6.07) is 0. The molecule has 0 heterocycles. The van der Waals surface area contributed by atoms with Gasteiger partial charge in [0.25, 0.3) is 0 Å². The number of nitrogens with zero attached hydrogens (tertiary/aromatic N) is 2. The van der Waals surface area contributed by atoms with Crippen LogP contribution in [-0.2, 0) is 4.18 Å². The van der Waals surface area contributed by atoms with Gasteiger partial charge in [0, 0.05) is 0 Å². The second-order valence-corrected chi connectivity index (χ2v) is 6.50. The summed E-state index contributed by atoms with van der Waals surface area (Å²) in [6.07, 6.45) is 5.04. The first-order valence-electron chi connectivity index (χ1n) is 6.34. The Labute approximate surface area is 113 Å². The summed E-state index contributed by atoms with van der Waals surface area (Å²) >= 11 is 0.805. The molecular formula is C12H23N3O2S. The summed E-state index contributed by atoms with van der Waals surface area (Å²) in [5.41, 5.74) is -0.752. The molecule has 1 aliphatic carbocycles. The Hall–Kier alpha value is -0.620. The highest BCUT2D eigenvalue weighted by Gasteiger charge is 2.34. The molecule has 18 heavy (non-hydrogen) atoms. The fraction of sp³-hybridized carbons (Fsp3) is 0.917. The quantitative estimate of drug-likeness (QED) is 0.626. The molecule has 1 rings (SSSR count). The van der Waals surface area contributed by atoms with Crippen LogP contribution in [-0.4, -0.2) is 23.6 Å². The Morgan fingerprint density at radius 3 is 2.39 bits per heavy atom. The van der Waals surface area contributed by atoms with E-state index in [-0.39, 0.29) is 10.8 Å². The maximum absolute atomic E-state index is 11.7. The Bertz CT molecular complexity index is 307. The van der Waals surface area contributed by atoms with Gasteiger partial charge in [0.15, 0.2) is 5.66 Å². The lowest BCUT2D eigenvalue weighted by atomic mass is 9.90. The van der Waals surface area contributed by atoms with Crippen LogP contribution in [0.2, 0.25) is 0 Å². The molecular weight excluding hydrogens is 250 g/mol. The van der Waals surface area contributed by atoms with Gasteiger partial charge in [-0.1, -0.05) is 6.42 Å². The minimum absolute atomic E-state index is 0.202. The minimum atomic E-state index is -0.534.